The zero-order valence-electron chi connectivity index (χ0n) is 14.8. The molecule has 1 spiro atoms. The Morgan fingerprint density at radius 2 is 1.65 bits per heavy atom. The molecule has 4 saturated carbocycles. The van der Waals surface area contributed by atoms with Crippen LogP contribution in [-0.4, -0.2) is 33.6 Å². The van der Waals surface area contributed by atoms with Gasteiger partial charge in [0.2, 0.25) is 0 Å². The van der Waals surface area contributed by atoms with Crippen molar-refractivity contribution in [2.75, 3.05) is 0 Å². The van der Waals surface area contributed by atoms with Crippen molar-refractivity contribution in [1.82, 2.24) is 0 Å². The van der Waals surface area contributed by atoms with Gasteiger partial charge in [-0.25, -0.2) is 0 Å². The van der Waals surface area contributed by atoms with Crippen LogP contribution in [0.4, 0.5) is 0 Å². The molecule has 23 heavy (non-hydrogen) atoms. The summed E-state index contributed by atoms with van der Waals surface area (Å²) in [6.07, 6.45) is 4.31. The van der Waals surface area contributed by atoms with E-state index in [9.17, 15) is 15.3 Å². The summed E-state index contributed by atoms with van der Waals surface area (Å²) in [7, 11) is 0. The first-order valence-electron chi connectivity index (χ1n) is 9.38. The van der Waals surface area contributed by atoms with Crippen molar-refractivity contribution in [2.24, 2.45) is 34.0 Å². The normalized spacial score (nSPS) is 57.7. The monoisotopic (exact) mass is 320 g/mol. The predicted molar refractivity (Wildman–Crippen MR) is 89.7 cm³/mol. The molecule has 2 bridgehead atoms. The molecule has 130 valence electrons. The van der Waals surface area contributed by atoms with Gasteiger partial charge in [-0.1, -0.05) is 27.4 Å². The summed E-state index contributed by atoms with van der Waals surface area (Å²) in [6, 6.07) is 0. The summed E-state index contributed by atoms with van der Waals surface area (Å²) in [5.74, 6) is 1.03. The molecule has 0 aromatic carbocycles. The Balaban J connectivity index is 1.82. The van der Waals surface area contributed by atoms with Crippen LogP contribution < -0.4 is 0 Å². The largest absolute Gasteiger partial charge is 0.393 e. The number of fused-ring (bicyclic) bond motifs is 3. The second kappa shape index (κ2) is 4.62. The maximum absolute atomic E-state index is 11.2. The highest BCUT2D eigenvalue weighted by Gasteiger charge is 2.70. The second-order valence-corrected chi connectivity index (χ2v) is 9.81. The van der Waals surface area contributed by atoms with Gasteiger partial charge in [-0.05, 0) is 72.7 Å². The fraction of sp³-hybridized carbons (Fsp3) is 0.900. The van der Waals surface area contributed by atoms with Crippen molar-refractivity contribution in [3.05, 3.63) is 12.2 Å². The number of aliphatic hydroxyl groups is 3. The minimum atomic E-state index is -0.553. The Kier molecular flexibility index (Phi) is 3.23. The van der Waals surface area contributed by atoms with Gasteiger partial charge < -0.3 is 15.3 Å². The molecule has 3 N–H and O–H groups in total. The van der Waals surface area contributed by atoms with Gasteiger partial charge in [-0.2, -0.15) is 0 Å². The maximum atomic E-state index is 11.2. The van der Waals surface area contributed by atoms with Gasteiger partial charge in [0.25, 0.3) is 0 Å². The van der Waals surface area contributed by atoms with Gasteiger partial charge in [-0.3, -0.25) is 0 Å². The van der Waals surface area contributed by atoms with E-state index in [1.54, 1.807) is 0 Å². The van der Waals surface area contributed by atoms with Crippen LogP contribution in [0.15, 0.2) is 12.2 Å². The van der Waals surface area contributed by atoms with Crippen molar-refractivity contribution in [1.29, 1.82) is 0 Å². The van der Waals surface area contributed by atoms with E-state index in [4.69, 9.17) is 0 Å². The lowest BCUT2D eigenvalue weighted by Crippen LogP contribution is -2.65. The SMILES string of the molecule is C=C1[C@@H]2CC[C@@H]3[C@](C2)([C@H](O)CC2C(C)(C)[C@H](O)CC[C@]23C)[C@@H]1O. The molecule has 4 aliphatic rings. The van der Waals surface area contributed by atoms with E-state index in [-0.39, 0.29) is 22.3 Å². The quantitative estimate of drug-likeness (QED) is 0.602. The highest BCUT2D eigenvalue weighted by Crippen LogP contribution is 2.71. The molecule has 8 atom stereocenters. The van der Waals surface area contributed by atoms with Crippen LogP contribution in [0.5, 0.6) is 0 Å². The lowest BCUT2D eigenvalue weighted by atomic mass is 9.40. The van der Waals surface area contributed by atoms with Gasteiger partial charge in [0.1, 0.15) is 0 Å². The summed E-state index contributed by atoms with van der Waals surface area (Å²) in [5.41, 5.74) is 0.499. The van der Waals surface area contributed by atoms with E-state index < -0.39 is 12.2 Å². The number of rotatable bonds is 0. The van der Waals surface area contributed by atoms with Crippen molar-refractivity contribution in [3.63, 3.8) is 0 Å². The molecule has 4 fully saturated rings. The first kappa shape index (κ1) is 16.1. The number of hydrogen-bond acceptors (Lipinski definition) is 3. The molecule has 1 unspecified atom stereocenters. The van der Waals surface area contributed by atoms with E-state index in [0.717, 1.165) is 37.7 Å². The van der Waals surface area contributed by atoms with E-state index >= 15 is 0 Å². The zero-order chi connectivity index (χ0) is 16.8. The molecule has 0 heterocycles. The summed E-state index contributed by atoms with van der Waals surface area (Å²) >= 11 is 0. The molecular weight excluding hydrogens is 288 g/mol. The summed E-state index contributed by atoms with van der Waals surface area (Å²) < 4.78 is 0. The molecule has 0 aliphatic heterocycles. The summed E-state index contributed by atoms with van der Waals surface area (Å²) in [6.45, 7) is 10.9. The average molecular weight is 320 g/mol. The third kappa shape index (κ3) is 1.72. The minimum Gasteiger partial charge on any atom is -0.393 e. The molecule has 3 nitrogen and oxygen atoms in total. The van der Waals surface area contributed by atoms with Crippen LogP contribution in [-0.2, 0) is 0 Å². The van der Waals surface area contributed by atoms with Crippen molar-refractivity contribution in [3.8, 4) is 0 Å². The molecule has 0 aromatic rings. The molecule has 0 amide bonds. The third-order valence-electron chi connectivity index (χ3n) is 8.82. The first-order chi connectivity index (χ1) is 10.7. The lowest BCUT2D eigenvalue weighted by molar-refractivity contribution is -0.236. The lowest BCUT2D eigenvalue weighted by Gasteiger charge is -2.66. The van der Waals surface area contributed by atoms with Gasteiger partial charge in [0.05, 0.1) is 18.3 Å². The maximum Gasteiger partial charge on any atom is 0.0834 e. The predicted octanol–water partition coefficient (Wildman–Crippen LogP) is 2.89. The van der Waals surface area contributed by atoms with E-state index in [1.165, 1.54) is 0 Å². The molecule has 3 heteroatoms. The van der Waals surface area contributed by atoms with E-state index in [2.05, 4.69) is 27.4 Å². The zero-order valence-corrected chi connectivity index (χ0v) is 14.8. The molecule has 4 rings (SSSR count). The molecule has 0 aromatic heterocycles. The van der Waals surface area contributed by atoms with Gasteiger partial charge >= 0.3 is 0 Å². The molecular formula is C20H32O3. The van der Waals surface area contributed by atoms with E-state index in [0.29, 0.717) is 24.2 Å². The standard InChI is InChI=1S/C20H32O3/c1-11-12-5-6-13-19(4)8-7-15(21)18(2,3)14(19)9-16(22)20(13,10-12)17(11)23/h12-17,21-23H,1,5-10H2,2-4H3/t12-,13+,14?,15-,16-,17-,19+,20-/m1/s1. The number of hydrogen-bond donors (Lipinski definition) is 3. The topological polar surface area (TPSA) is 60.7 Å². The van der Waals surface area contributed by atoms with Crippen LogP contribution in [0.1, 0.15) is 59.3 Å². The Hall–Kier alpha value is -0.380. The van der Waals surface area contributed by atoms with Crippen molar-refractivity contribution >= 4 is 0 Å². The van der Waals surface area contributed by atoms with Crippen molar-refractivity contribution in [2.45, 2.75) is 77.6 Å². The van der Waals surface area contributed by atoms with Gasteiger partial charge in [0.15, 0.2) is 0 Å². The smallest absolute Gasteiger partial charge is 0.0834 e. The Bertz CT molecular complexity index is 541. The Labute approximate surface area is 139 Å². The fourth-order valence-corrected chi connectivity index (χ4v) is 7.50. The second-order valence-electron chi connectivity index (χ2n) is 9.81. The summed E-state index contributed by atoms with van der Waals surface area (Å²) in [4.78, 5) is 0. The van der Waals surface area contributed by atoms with Crippen LogP contribution in [0, 0.1) is 34.0 Å². The average Bonchev–Trinajstić information content (AvgIpc) is 2.69. The van der Waals surface area contributed by atoms with Crippen LogP contribution in [0.25, 0.3) is 0 Å². The third-order valence-corrected chi connectivity index (χ3v) is 8.82. The van der Waals surface area contributed by atoms with Gasteiger partial charge in [0, 0.05) is 5.41 Å². The molecule has 0 saturated heterocycles. The number of aliphatic hydroxyl groups excluding tert-OH is 3. The van der Waals surface area contributed by atoms with Crippen LogP contribution in [0.2, 0.25) is 0 Å². The molecule has 0 radical (unpaired) electrons. The Morgan fingerprint density at radius 1 is 0.957 bits per heavy atom. The minimum absolute atomic E-state index is 0.0958. The van der Waals surface area contributed by atoms with Crippen LogP contribution >= 0.6 is 0 Å². The van der Waals surface area contributed by atoms with Gasteiger partial charge in [-0.15, -0.1) is 0 Å². The summed E-state index contributed by atoms with van der Waals surface area (Å²) in [5, 5.41) is 32.7. The molecule has 4 aliphatic carbocycles. The van der Waals surface area contributed by atoms with Crippen LogP contribution in [0.3, 0.4) is 0 Å². The van der Waals surface area contributed by atoms with Crippen molar-refractivity contribution < 1.29 is 15.3 Å². The fourth-order valence-electron chi connectivity index (χ4n) is 7.50. The van der Waals surface area contributed by atoms with E-state index in [1.807, 2.05) is 0 Å². The highest BCUT2D eigenvalue weighted by atomic mass is 16.3. The first-order valence-corrected chi connectivity index (χ1v) is 9.38. The Morgan fingerprint density at radius 3 is 2.35 bits per heavy atom. The highest BCUT2D eigenvalue weighted by molar-refractivity contribution is 5.29.